The molecule has 1 saturated heterocycles. The normalized spacial score (nSPS) is 31.2. The molecule has 1 heterocycles. The molecule has 1 saturated carbocycles. The van der Waals surface area contributed by atoms with Crippen LogP contribution in [0.25, 0.3) is 0 Å². The largest absolute Gasteiger partial charge is 0.392 e. The Morgan fingerprint density at radius 1 is 1.05 bits per heavy atom. The van der Waals surface area contributed by atoms with Gasteiger partial charge in [-0.15, -0.1) is 0 Å². The van der Waals surface area contributed by atoms with Gasteiger partial charge in [0.2, 0.25) is 0 Å². The lowest BCUT2D eigenvalue weighted by Crippen LogP contribution is -2.52. The Kier molecular flexibility index (Phi) is 5.28. The number of aliphatic hydroxyl groups excluding tert-OH is 1. The average Bonchev–Trinajstić information content (AvgIpc) is 2.51. The Morgan fingerprint density at radius 3 is 2.67 bits per heavy atom. The van der Waals surface area contributed by atoms with E-state index >= 15 is 0 Å². The molecule has 1 aromatic carbocycles. The Hall–Kier alpha value is -0.900. The van der Waals surface area contributed by atoms with Crippen molar-refractivity contribution in [2.24, 2.45) is 0 Å². The molecule has 1 aliphatic heterocycles. The summed E-state index contributed by atoms with van der Waals surface area (Å²) in [6.07, 6.45) is 6.92. The Balaban J connectivity index is 1.51. The maximum Gasteiger partial charge on any atom is 0.0693 e. The van der Waals surface area contributed by atoms with Crippen molar-refractivity contribution in [1.82, 2.24) is 10.2 Å². The summed E-state index contributed by atoms with van der Waals surface area (Å²) >= 11 is 0. The quantitative estimate of drug-likeness (QED) is 0.894. The molecule has 0 aromatic heterocycles. The fraction of sp³-hybridized carbons (Fsp3) is 0.667. The molecule has 0 amide bonds. The highest BCUT2D eigenvalue weighted by Crippen LogP contribution is 2.21. The van der Waals surface area contributed by atoms with Gasteiger partial charge in [0.1, 0.15) is 0 Å². The highest BCUT2D eigenvalue weighted by Gasteiger charge is 2.27. The van der Waals surface area contributed by atoms with E-state index in [2.05, 4.69) is 40.5 Å². The molecule has 0 radical (unpaired) electrons. The molecule has 3 heteroatoms. The molecule has 1 aromatic rings. The van der Waals surface area contributed by atoms with Crippen molar-refractivity contribution >= 4 is 0 Å². The van der Waals surface area contributed by atoms with Crippen LogP contribution in [-0.4, -0.2) is 41.3 Å². The fourth-order valence-electron chi connectivity index (χ4n) is 3.79. The van der Waals surface area contributed by atoms with Crippen LogP contribution in [0.2, 0.25) is 0 Å². The van der Waals surface area contributed by atoms with Crippen LogP contribution in [0.1, 0.15) is 44.1 Å². The lowest BCUT2D eigenvalue weighted by Gasteiger charge is -2.38. The number of hydrogen-bond donors (Lipinski definition) is 2. The van der Waals surface area contributed by atoms with Crippen molar-refractivity contribution in [2.45, 2.75) is 63.3 Å². The van der Waals surface area contributed by atoms with Gasteiger partial charge in [-0.3, -0.25) is 4.90 Å². The summed E-state index contributed by atoms with van der Waals surface area (Å²) in [6.45, 7) is 3.35. The van der Waals surface area contributed by atoms with Gasteiger partial charge in [-0.05, 0) is 37.8 Å². The zero-order valence-corrected chi connectivity index (χ0v) is 12.9. The van der Waals surface area contributed by atoms with Gasteiger partial charge in [0.15, 0.2) is 0 Å². The smallest absolute Gasteiger partial charge is 0.0693 e. The standard InChI is InChI=1S/C18H28N2O/c21-18-11-5-4-10-17(18)19-16-9-6-12-20(14-16)13-15-7-2-1-3-8-15/h1-3,7-8,16-19,21H,4-6,9-14H2/t16?,17-,18-/m1/s1. The molecule has 0 bridgehead atoms. The van der Waals surface area contributed by atoms with Crippen LogP contribution in [0.5, 0.6) is 0 Å². The fourth-order valence-corrected chi connectivity index (χ4v) is 3.79. The number of benzene rings is 1. The monoisotopic (exact) mass is 288 g/mol. The van der Waals surface area contributed by atoms with Gasteiger partial charge in [-0.25, -0.2) is 0 Å². The van der Waals surface area contributed by atoms with Gasteiger partial charge in [0.05, 0.1) is 6.10 Å². The molecule has 116 valence electrons. The summed E-state index contributed by atoms with van der Waals surface area (Å²) in [6, 6.07) is 11.6. The number of hydrogen-bond acceptors (Lipinski definition) is 3. The molecule has 1 aliphatic carbocycles. The van der Waals surface area contributed by atoms with E-state index in [0.717, 1.165) is 25.9 Å². The van der Waals surface area contributed by atoms with Gasteiger partial charge in [0.25, 0.3) is 0 Å². The minimum absolute atomic E-state index is 0.136. The van der Waals surface area contributed by atoms with E-state index in [0.29, 0.717) is 12.1 Å². The highest BCUT2D eigenvalue weighted by atomic mass is 16.3. The molecule has 2 fully saturated rings. The van der Waals surface area contributed by atoms with Crippen molar-refractivity contribution in [3.63, 3.8) is 0 Å². The second-order valence-corrected chi connectivity index (χ2v) is 6.68. The Morgan fingerprint density at radius 2 is 1.86 bits per heavy atom. The molecule has 0 spiro atoms. The number of nitrogens with zero attached hydrogens (tertiary/aromatic N) is 1. The van der Waals surface area contributed by atoms with Crippen molar-refractivity contribution in [3.05, 3.63) is 35.9 Å². The van der Waals surface area contributed by atoms with E-state index in [1.807, 2.05) is 0 Å². The first-order chi connectivity index (χ1) is 10.3. The van der Waals surface area contributed by atoms with Gasteiger partial charge in [-0.1, -0.05) is 43.2 Å². The van der Waals surface area contributed by atoms with Crippen LogP contribution < -0.4 is 5.32 Å². The maximum absolute atomic E-state index is 10.1. The van der Waals surface area contributed by atoms with Crippen LogP contribution in [-0.2, 0) is 6.54 Å². The average molecular weight is 288 g/mol. The predicted molar refractivity (Wildman–Crippen MR) is 86.1 cm³/mol. The SMILES string of the molecule is O[C@@H]1CCCC[C@H]1NC1CCCN(Cc2ccccc2)C1. The van der Waals surface area contributed by atoms with Crippen molar-refractivity contribution in [1.29, 1.82) is 0 Å². The molecule has 3 atom stereocenters. The van der Waals surface area contributed by atoms with Gasteiger partial charge in [0, 0.05) is 25.2 Å². The molecular weight excluding hydrogens is 260 g/mol. The summed E-state index contributed by atoms with van der Waals surface area (Å²) in [4.78, 5) is 2.55. The van der Waals surface area contributed by atoms with Crippen LogP contribution in [0, 0.1) is 0 Å². The van der Waals surface area contributed by atoms with Crippen LogP contribution in [0.3, 0.4) is 0 Å². The predicted octanol–water partition coefficient (Wildman–Crippen LogP) is 2.54. The lowest BCUT2D eigenvalue weighted by molar-refractivity contribution is 0.0735. The summed E-state index contributed by atoms with van der Waals surface area (Å²) in [5.74, 6) is 0. The zero-order chi connectivity index (χ0) is 14.5. The third-order valence-electron chi connectivity index (χ3n) is 4.93. The summed E-state index contributed by atoms with van der Waals surface area (Å²) < 4.78 is 0. The molecule has 3 rings (SSSR count). The number of aliphatic hydroxyl groups is 1. The minimum atomic E-state index is -0.136. The summed E-state index contributed by atoms with van der Waals surface area (Å²) in [5.41, 5.74) is 1.40. The van der Waals surface area contributed by atoms with Crippen molar-refractivity contribution < 1.29 is 5.11 Å². The van der Waals surface area contributed by atoms with Crippen LogP contribution in [0.4, 0.5) is 0 Å². The molecule has 2 aliphatic rings. The molecule has 2 N–H and O–H groups in total. The van der Waals surface area contributed by atoms with Crippen molar-refractivity contribution in [3.8, 4) is 0 Å². The number of rotatable bonds is 4. The molecular formula is C18H28N2O. The summed E-state index contributed by atoms with van der Waals surface area (Å²) in [5, 5.41) is 13.9. The van der Waals surface area contributed by atoms with Crippen LogP contribution in [0.15, 0.2) is 30.3 Å². The Labute approximate surface area is 128 Å². The van der Waals surface area contributed by atoms with E-state index in [9.17, 15) is 5.11 Å². The summed E-state index contributed by atoms with van der Waals surface area (Å²) in [7, 11) is 0. The second kappa shape index (κ2) is 7.39. The van der Waals surface area contributed by atoms with E-state index in [-0.39, 0.29) is 6.10 Å². The van der Waals surface area contributed by atoms with E-state index in [1.165, 1.54) is 37.8 Å². The maximum atomic E-state index is 10.1. The third kappa shape index (κ3) is 4.29. The first-order valence-electron chi connectivity index (χ1n) is 8.51. The van der Waals surface area contributed by atoms with Gasteiger partial charge >= 0.3 is 0 Å². The van der Waals surface area contributed by atoms with Gasteiger partial charge < -0.3 is 10.4 Å². The van der Waals surface area contributed by atoms with Crippen LogP contribution >= 0.6 is 0 Å². The number of likely N-dealkylation sites (tertiary alicyclic amines) is 1. The molecule has 1 unspecified atom stereocenters. The number of nitrogens with one attached hydrogen (secondary N) is 1. The van der Waals surface area contributed by atoms with Crippen molar-refractivity contribution in [2.75, 3.05) is 13.1 Å². The first kappa shape index (κ1) is 15.0. The van der Waals surface area contributed by atoms with Gasteiger partial charge in [-0.2, -0.15) is 0 Å². The van der Waals surface area contributed by atoms with E-state index in [4.69, 9.17) is 0 Å². The molecule has 21 heavy (non-hydrogen) atoms. The first-order valence-corrected chi connectivity index (χ1v) is 8.51. The highest BCUT2D eigenvalue weighted by molar-refractivity contribution is 5.14. The number of piperidine rings is 1. The lowest BCUT2D eigenvalue weighted by atomic mass is 9.91. The Bertz CT molecular complexity index is 422. The topological polar surface area (TPSA) is 35.5 Å². The van der Waals surface area contributed by atoms with E-state index in [1.54, 1.807) is 0 Å². The minimum Gasteiger partial charge on any atom is -0.392 e. The zero-order valence-electron chi connectivity index (χ0n) is 12.9. The van der Waals surface area contributed by atoms with E-state index < -0.39 is 0 Å². The molecule has 3 nitrogen and oxygen atoms in total. The third-order valence-corrected chi connectivity index (χ3v) is 4.93. The second-order valence-electron chi connectivity index (χ2n) is 6.68.